The minimum atomic E-state index is -0.457. The summed E-state index contributed by atoms with van der Waals surface area (Å²) in [6, 6.07) is 20.6. The molecular formula is C25H23N5O2S. The summed E-state index contributed by atoms with van der Waals surface area (Å²) in [5.74, 6) is 0.121. The van der Waals surface area contributed by atoms with E-state index in [4.69, 9.17) is 0 Å². The van der Waals surface area contributed by atoms with E-state index in [1.54, 1.807) is 22.9 Å². The van der Waals surface area contributed by atoms with Crippen LogP contribution in [0, 0.1) is 0 Å². The van der Waals surface area contributed by atoms with Gasteiger partial charge >= 0.3 is 0 Å². The van der Waals surface area contributed by atoms with Crippen LogP contribution in [0.15, 0.2) is 72.1 Å². The Hall–Kier alpha value is -3.78. The first-order valence-corrected chi connectivity index (χ1v) is 11.8. The lowest BCUT2D eigenvalue weighted by molar-refractivity contribution is 0.0725. The van der Waals surface area contributed by atoms with Gasteiger partial charge in [-0.2, -0.15) is 0 Å². The number of para-hydroxylation sites is 2. The van der Waals surface area contributed by atoms with Gasteiger partial charge in [-0.05, 0) is 55.0 Å². The fourth-order valence-electron chi connectivity index (χ4n) is 3.95. The summed E-state index contributed by atoms with van der Waals surface area (Å²) < 4.78 is 1.67. The predicted octanol–water partition coefficient (Wildman–Crippen LogP) is 4.87. The number of hydrogen-bond donors (Lipinski definition) is 1. The van der Waals surface area contributed by atoms with E-state index < -0.39 is 5.91 Å². The Kier molecular flexibility index (Phi) is 5.99. The van der Waals surface area contributed by atoms with Crippen LogP contribution < -0.4 is 5.32 Å². The van der Waals surface area contributed by atoms with Crippen molar-refractivity contribution >= 4 is 28.8 Å². The van der Waals surface area contributed by atoms with Gasteiger partial charge in [0.05, 0.1) is 21.8 Å². The van der Waals surface area contributed by atoms with E-state index in [0.717, 1.165) is 42.9 Å². The van der Waals surface area contributed by atoms with Gasteiger partial charge in [0.2, 0.25) is 5.82 Å². The van der Waals surface area contributed by atoms with Gasteiger partial charge in [0, 0.05) is 13.1 Å². The molecule has 4 aromatic rings. The molecule has 2 amide bonds. The zero-order valence-corrected chi connectivity index (χ0v) is 18.8. The molecule has 1 N–H and O–H groups in total. The summed E-state index contributed by atoms with van der Waals surface area (Å²) in [4.78, 5) is 33.5. The van der Waals surface area contributed by atoms with Crippen LogP contribution in [0.2, 0.25) is 0 Å². The SMILES string of the molecule is O=C(Nc1ccccc1C(=O)N1CCCCC1)c1nc(-c2cccs2)n(-c2ccccc2)n1. The van der Waals surface area contributed by atoms with Gasteiger partial charge in [0.25, 0.3) is 11.8 Å². The van der Waals surface area contributed by atoms with Crippen molar-refractivity contribution in [2.24, 2.45) is 0 Å². The van der Waals surface area contributed by atoms with Crippen LogP contribution in [-0.2, 0) is 0 Å². The van der Waals surface area contributed by atoms with E-state index in [9.17, 15) is 9.59 Å². The minimum absolute atomic E-state index is 0.0440. The number of likely N-dealkylation sites (tertiary alicyclic amines) is 1. The van der Waals surface area contributed by atoms with Crippen LogP contribution >= 0.6 is 11.3 Å². The molecule has 0 bridgehead atoms. The van der Waals surface area contributed by atoms with Gasteiger partial charge in [0.1, 0.15) is 0 Å². The quantitative estimate of drug-likeness (QED) is 0.463. The van der Waals surface area contributed by atoms with Crippen LogP contribution in [-0.4, -0.2) is 44.6 Å². The molecule has 2 aromatic carbocycles. The number of rotatable bonds is 5. The maximum Gasteiger partial charge on any atom is 0.295 e. The van der Waals surface area contributed by atoms with Crippen molar-refractivity contribution in [2.75, 3.05) is 18.4 Å². The Morgan fingerprint density at radius 3 is 2.39 bits per heavy atom. The summed E-state index contributed by atoms with van der Waals surface area (Å²) >= 11 is 1.53. The Morgan fingerprint density at radius 2 is 1.64 bits per heavy atom. The smallest absolute Gasteiger partial charge is 0.295 e. The van der Waals surface area contributed by atoms with E-state index in [2.05, 4.69) is 15.4 Å². The number of carbonyl (C=O) groups excluding carboxylic acids is 2. The highest BCUT2D eigenvalue weighted by Gasteiger charge is 2.24. The molecule has 166 valence electrons. The Labute approximate surface area is 195 Å². The molecular weight excluding hydrogens is 434 g/mol. The summed E-state index contributed by atoms with van der Waals surface area (Å²) in [5.41, 5.74) is 1.76. The van der Waals surface area contributed by atoms with Gasteiger partial charge < -0.3 is 10.2 Å². The number of piperidine rings is 1. The zero-order chi connectivity index (χ0) is 22.6. The fraction of sp³-hybridized carbons (Fsp3) is 0.200. The highest BCUT2D eigenvalue weighted by Crippen LogP contribution is 2.26. The van der Waals surface area contributed by atoms with Crippen molar-refractivity contribution in [3.05, 3.63) is 83.5 Å². The van der Waals surface area contributed by atoms with Crippen LogP contribution in [0.5, 0.6) is 0 Å². The molecule has 33 heavy (non-hydrogen) atoms. The number of benzene rings is 2. The van der Waals surface area contributed by atoms with Crippen molar-refractivity contribution in [3.8, 4) is 16.4 Å². The number of thiophene rings is 1. The van der Waals surface area contributed by atoms with Gasteiger partial charge in [0.15, 0.2) is 5.82 Å². The highest BCUT2D eigenvalue weighted by atomic mass is 32.1. The van der Waals surface area contributed by atoms with E-state index in [-0.39, 0.29) is 11.7 Å². The monoisotopic (exact) mass is 457 g/mol. The Morgan fingerprint density at radius 1 is 0.879 bits per heavy atom. The first kappa shape index (κ1) is 21.1. The second-order valence-corrected chi connectivity index (χ2v) is 8.78. The molecule has 3 heterocycles. The van der Waals surface area contributed by atoms with Crippen molar-refractivity contribution < 1.29 is 9.59 Å². The number of amides is 2. The second-order valence-electron chi connectivity index (χ2n) is 7.84. The first-order valence-electron chi connectivity index (χ1n) is 11.0. The molecule has 5 rings (SSSR count). The maximum absolute atomic E-state index is 13.2. The lowest BCUT2D eigenvalue weighted by Crippen LogP contribution is -2.36. The molecule has 1 aliphatic heterocycles. The average molecular weight is 458 g/mol. The number of nitrogens with zero attached hydrogens (tertiary/aromatic N) is 4. The van der Waals surface area contributed by atoms with Crippen LogP contribution in [0.25, 0.3) is 16.4 Å². The summed E-state index contributed by atoms with van der Waals surface area (Å²) in [7, 11) is 0. The molecule has 0 unspecified atom stereocenters. The molecule has 1 saturated heterocycles. The third-order valence-corrected chi connectivity index (χ3v) is 6.47. The molecule has 0 radical (unpaired) electrons. The summed E-state index contributed by atoms with van der Waals surface area (Å²) in [5, 5.41) is 9.32. The summed E-state index contributed by atoms with van der Waals surface area (Å²) in [6.45, 7) is 1.49. The van der Waals surface area contributed by atoms with E-state index in [1.165, 1.54) is 11.3 Å². The molecule has 1 fully saturated rings. The van der Waals surface area contributed by atoms with Crippen molar-refractivity contribution in [2.45, 2.75) is 19.3 Å². The van der Waals surface area contributed by atoms with Crippen LogP contribution in [0.4, 0.5) is 5.69 Å². The minimum Gasteiger partial charge on any atom is -0.339 e. The topological polar surface area (TPSA) is 80.1 Å². The van der Waals surface area contributed by atoms with E-state index in [1.807, 2.05) is 58.8 Å². The molecule has 7 nitrogen and oxygen atoms in total. The number of hydrogen-bond acceptors (Lipinski definition) is 5. The standard InChI is InChI=1S/C25H23N5O2S/c31-24(26-20-13-6-5-12-19(20)25(32)29-15-7-2-8-16-29)22-27-23(21-14-9-17-33-21)30(28-22)18-10-3-1-4-11-18/h1,3-6,9-14,17H,2,7-8,15-16H2,(H,26,31). The fourth-order valence-corrected chi connectivity index (χ4v) is 4.65. The largest absolute Gasteiger partial charge is 0.339 e. The van der Waals surface area contributed by atoms with Crippen LogP contribution in [0.3, 0.4) is 0 Å². The second kappa shape index (κ2) is 9.38. The van der Waals surface area contributed by atoms with Gasteiger partial charge in [-0.3, -0.25) is 9.59 Å². The van der Waals surface area contributed by atoms with E-state index >= 15 is 0 Å². The van der Waals surface area contributed by atoms with Crippen molar-refractivity contribution in [3.63, 3.8) is 0 Å². The number of aromatic nitrogens is 3. The normalized spacial score (nSPS) is 13.6. The number of nitrogens with one attached hydrogen (secondary N) is 1. The predicted molar refractivity (Wildman–Crippen MR) is 129 cm³/mol. The van der Waals surface area contributed by atoms with Crippen LogP contribution in [0.1, 0.15) is 40.2 Å². The maximum atomic E-state index is 13.2. The van der Waals surface area contributed by atoms with Gasteiger partial charge in [-0.25, -0.2) is 9.67 Å². The Balaban J connectivity index is 1.45. The van der Waals surface area contributed by atoms with Gasteiger partial charge in [-0.15, -0.1) is 16.4 Å². The van der Waals surface area contributed by atoms with Crippen molar-refractivity contribution in [1.29, 1.82) is 0 Å². The van der Waals surface area contributed by atoms with Crippen molar-refractivity contribution in [1.82, 2.24) is 19.7 Å². The molecule has 0 aliphatic carbocycles. The lowest BCUT2D eigenvalue weighted by atomic mass is 10.1. The number of anilines is 1. The molecule has 1 aliphatic rings. The third-order valence-electron chi connectivity index (χ3n) is 5.60. The third kappa shape index (κ3) is 4.42. The average Bonchev–Trinajstić information content (AvgIpc) is 3.55. The molecule has 8 heteroatoms. The van der Waals surface area contributed by atoms with Gasteiger partial charge in [-0.1, -0.05) is 36.4 Å². The van der Waals surface area contributed by atoms with E-state index in [0.29, 0.717) is 17.1 Å². The molecule has 0 saturated carbocycles. The lowest BCUT2D eigenvalue weighted by Gasteiger charge is -2.27. The Bertz CT molecular complexity index is 1260. The number of carbonyl (C=O) groups is 2. The highest BCUT2D eigenvalue weighted by molar-refractivity contribution is 7.13. The first-order chi connectivity index (χ1) is 16.2. The molecule has 2 aromatic heterocycles. The zero-order valence-electron chi connectivity index (χ0n) is 18.0. The molecule has 0 spiro atoms. The summed E-state index contributed by atoms with van der Waals surface area (Å²) in [6.07, 6.45) is 3.16. The molecule has 0 atom stereocenters.